The van der Waals surface area contributed by atoms with Crippen molar-refractivity contribution >= 4 is 28.2 Å². The first-order valence-electron chi connectivity index (χ1n) is 6.59. The summed E-state index contributed by atoms with van der Waals surface area (Å²) in [5.41, 5.74) is 0. The predicted octanol–water partition coefficient (Wildman–Crippen LogP) is 0.737. The Bertz CT molecular complexity index is 365. The predicted molar refractivity (Wildman–Crippen MR) is 79.4 cm³/mol. The smallest absolute Gasteiger partial charge is 0.221 e. The number of halogens is 1. The zero-order valence-corrected chi connectivity index (χ0v) is 13.3. The van der Waals surface area contributed by atoms with Crippen LogP contribution in [0.3, 0.4) is 0 Å². The molecule has 19 heavy (non-hydrogen) atoms. The average molecular weight is 313 g/mol. The minimum atomic E-state index is -3.09. The standard InChI is InChI=1S/C12H24N2O3S.ClH/c1-10(2)9-18(16,17)7-5-12(15)14-11-4-3-6-13-8-11;/h10-11,13H,3-9H2,1-2H3,(H,14,15);1H/t11-;/m0./s1. The van der Waals surface area contributed by atoms with Gasteiger partial charge in [0.1, 0.15) is 0 Å². The Morgan fingerprint density at radius 3 is 2.63 bits per heavy atom. The number of hydrogen-bond donors (Lipinski definition) is 2. The maximum Gasteiger partial charge on any atom is 0.221 e. The van der Waals surface area contributed by atoms with Gasteiger partial charge in [-0.15, -0.1) is 12.4 Å². The molecule has 1 rings (SSSR count). The van der Waals surface area contributed by atoms with Crippen molar-refractivity contribution in [2.45, 2.75) is 39.2 Å². The lowest BCUT2D eigenvalue weighted by molar-refractivity contribution is -0.121. The van der Waals surface area contributed by atoms with Gasteiger partial charge in [-0.25, -0.2) is 8.42 Å². The fourth-order valence-corrected chi connectivity index (χ4v) is 3.79. The number of nitrogens with one attached hydrogen (secondary N) is 2. The fourth-order valence-electron chi connectivity index (χ4n) is 2.11. The third kappa shape index (κ3) is 8.44. The lowest BCUT2D eigenvalue weighted by atomic mass is 10.1. The summed E-state index contributed by atoms with van der Waals surface area (Å²) in [5, 5.41) is 6.08. The molecule has 1 fully saturated rings. The molecule has 0 aliphatic carbocycles. The van der Waals surface area contributed by atoms with E-state index in [0.717, 1.165) is 25.9 Å². The topological polar surface area (TPSA) is 75.3 Å². The molecule has 0 aromatic heterocycles. The van der Waals surface area contributed by atoms with Gasteiger partial charge >= 0.3 is 0 Å². The quantitative estimate of drug-likeness (QED) is 0.758. The van der Waals surface area contributed by atoms with Gasteiger partial charge in [0.15, 0.2) is 9.84 Å². The summed E-state index contributed by atoms with van der Waals surface area (Å²) < 4.78 is 23.3. The van der Waals surface area contributed by atoms with Crippen LogP contribution in [0.1, 0.15) is 33.1 Å². The lowest BCUT2D eigenvalue weighted by Gasteiger charge is -2.23. The van der Waals surface area contributed by atoms with Gasteiger partial charge in [-0.2, -0.15) is 0 Å². The second kappa shape index (κ2) is 8.76. The number of rotatable bonds is 6. The van der Waals surface area contributed by atoms with Gasteiger partial charge in [-0.05, 0) is 25.3 Å². The molecule has 1 aliphatic heterocycles. The molecule has 0 bridgehead atoms. The molecule has 1 atom stereocenters. The van der Waals surface area contributed by atoms with Gasteiger partial charge in [-0.1, -0.05) is 13.8 Å². The molecule has 1 heterocycles. The Kier molecular flexibility index (Phi) is 8.61. The van der Waals surface area contributed by atoms with Gasteiger partial charge in [0.2, 0.25) is 5.91 Å². The van der Waals surface area contributed by atoms with Crippen LogP contribution in [0, 0.1) is 5.92 Å². The van der Waals surface area contributed by atoms with Gasteiger partial charge < -0.3 is 10.6 Å². The molecular formula is C12H25ClN2O3S. The van der Waals surface area contributed by atoms with Crippen molar-refractivity contribution < 1.29 is 13.2 Å². The molecule has 1 aliphatic rings. The van der Waals surface area contributed by atoms with Gasteiger partial charge in [0, 0.05) is 19.0 Å². The van der Waals surface area contributed by atoms with Crippen LogP contribution in [0.4, 0.5) is 0 Å². The van der Waals surface area contributed by atoms with E-state index in [9.17, 15) is 13.2 Å². The van der Waals surface area contributed by atoms with Gasteiger partial charge in [-0.3, -0.25) is 4.79 Å². The summed E-state index contributed by atoms with van der Waals surface area (Å²) in [6.45, 7) is 5.51. The molecule has 1 saturated heterocycles. The Morgan fingerprint density at radius 2 is 2.11 bits per heavy atom. The fraction of sp³-hybridized carbons (Fsp3) is 0.917. The Morgan fingerprint density at radius 1 is 1.42 bits per heavy atom. The lowest BCUT2D eigenvalue weighted by Crippen LogP contribution is -2.45. The van der Waals surface area contributed by atoms with Gasteiger partial charge in [0.05, 0.1) is 11.5 Å². The summed E-state index contributed by atoms with van der Waals surface area (Å²) >= 11 is 0. The van der Waals surface area contributed by atoms with Crippen LogP contribution < -0.4 is 10.6 Å². The molecule has 0 aromatic rings. The molecule has 2 N–H and O–H groups in total. The number of amides is 1. The second-order valence-electron chi connectivity index (χ2n) is 5.37. The van der Waals surface area contributed by atoms with Crippen molar-refractivity contribution in [3.8, 4) is 0 Å². The molecule has 0 saturated carbocycles. The Labute approximate surface area is 122 Å². The highest BCUT2D eigenvalue weighted by Gasteiger charge is 2.18. The maximum atomic E-state index is 11.6. The Hall–Kier alpha value is -0.330. The van der Waals surface area contributed by atoms with Crippen LogP contribution in [0.5, 0.6) is 0 Å². The van der Waals surface area contributed by atoms with Crippen LogP contribution in [0.15, 0.2) is 0 Å². The summed E-state index contributed by atoms with van der Waals surface area (Å²) in [7, 11) is -3.09. The van der Waals surface area contributed by atoms with Crippen LogP contribution >= 0.6 is 12.4 Å². The number of hydrogen-bond acceptors (Lipinski definition) is 4. The zero-order valence-electron chi connectivity index (χ0n) is 11.6. The van der Waals surface area contributed by atoms with E-state index in [1.807, 2.05) is 13.8 Å². The highest BCUT2D eigenvalue weighted by molar-refractivity contribution is 7.91. The minimum absolute atomic E-state index is 0. The molecule has 1 amide bonds. The van der Waals surface area contributed by atoms with Crippen LogP contribution in [-0.4, -0.2) is 45.0 Å². The first kappa shape index (κ1) is 18.7. The van der Waals surface area contributed by atoms with E-state index in [2.05, 4.69) is 10.6 Å². The SMILES string of the molecule is CC(C)CS(=O)(=O)CCC(=O)N[C@H]1CCCNC1.Cl. The minimum Gasteiger partial charge on any atom is -0.352 e. The van der Waals surface area contributed by atoms with E-state index < -0.39 is 9.84 Å². The summed E-state index contributed by atoms with van der Waals surface area (Å²) in [5.74, 6) is 0.0687. The average Bonchev–Trinajstić information content (AvgIpc) is 2.26. The Balaban J connectivity index is 0.00000324. The number of carbonyl (C=O) groups excluding carboxylic acids is 1. The normalized spacial score (nSPS) is 19.8. The highest BCUT2D eigenvalue weighted by atomic mass is 35.5. The number of sulfone groups is 1. The van der Waals surface area contributed by atoms with Crippen molar-refractivity contribution in [1.82, 2.24) is 10.6 Å². The molecule has 0 unspecified atom stereocenters. The number of piperidine rings is 1. The third-order valence-electron chi connectivity index (χ3n) is 2.89. The summed E-state index contributed by atoms with van der Waals surface area (Å²) in [6.07, 6.45) is 2.10. The molecule has 0 spiro atoms. The van der Waals surface area contributed by atoms with E-state index in [1.54, 1.807) is 0 Å². The molecular weight excluding hydrogens is 288 g/mol. The van der Waals surface area contributed by atoms with Crippen molar-refractivity contribution in [2.75, 3.05) is 24.6 Å². The third-order valence-corrected chi connectivity index (χ3v) is 4.89. The van der Waals surface area contributed by atoms with Crippen molar-refractivity contribution in [3.05, 3.63) is 0 Å². The monoisotopic (exact) mass is 312 g/mol. The number of carbonyl (C=O) groups is 1. The largest absolute Gasteiger partial charge is 0.352 e. The zero-order chi connectivity index (χ0) is 13.6. The molecule has 7 heteroatoms. The van der Waals surface area contributed by atoms with E-state index in [1.165, 1.54) is 0 Å². The van der Waals surface area contributed by atoms with E-state index in [-0.39, 0.29) is 48.2 Å². The maximum absolute atomic E-state index is 11.6. The first-order chi connectivity index (χ1) is 8.39. The molecule has 114 valence electrons. The first-order valence-corrected chi connectivity index (χ1v) is 8.41. The molecule has 0 aromatic carbocycles. The highest BCUT2D eigenvalue weighted by Crippen LogP contribution is 2.04. The molecule has 0 radical (unpaired) electrons. The van der Waals surface area contributed by atoms with Crippen LogP contribution in [0.25, 0.3) is 0 Å². The summed E-state index contributed by atoms with van der Waals surface area (Å²) in [4.78, 5) is 11.6. The van der Waals surface area contributed by atoms with E-state index in [0.29, 0.717) is 0 Å². The van der Waals surface area contributed by atoms with Crippen LogP contribution in [-0.2, 0) is 14.6 Å². The van der Waals surface area contributed by atoms with E-state index >= 15 is 0 Å². The van der Waals surface area contributed by atoms with Gasteiger partial charge in [0.25, 0.3) is 0 Å². The summed E-state index contributed by atoms with van der Waals surface area (Å²) in [6, 6.07) is 0.152. The van der Waals surface area contributed by atoms with Crippen molar-refractivity contribution in [1.29, 1.82) is 0 Å². The van der Waals surface area contributed by atoms with Crippen molar-refractivity contribution in [2.24, 2.45) is 5.92 Å². The second-order valence-corrected chi connectivity index (χ2v) is 7.60. The molecule has 5 nitrogen and oxygen atoms in total. The van der Waals surface area contributed by atoms with Crippen molar-refractivity contribution in [3.63, 3.8) is 0 Å². The van der Waals surface area contributed by atoms with Crippen LogP contribution in [0.2, 0.25) is 0 Å². The van der Waals surface area contributed by atoms with E-state index in [4.69, 9.17) is 0 Å².